The summed E-state index contributed by atoms with van der Waals surface area (Å²) in [6.45, 7) is 2.04. The summed E-state index contributed by atoms with van der Waals surface area (Å²) in [7, 11) is 1.64. The second-order valence-corrected chi connectivity index (χ2v) is 11.9. The van der Waals surface area contributed by atoms with Crippen LogP contribution in [0, 0.1) is 0 Å². The zero-order valence-electron chi connectivity index (χ0n) is 23.4. The van der Waals surface area contributed by atoms with E-state index in [4.69, 9.17) is 0 Å². The molecule has 1 aromatic heterocycles. The molecule has 234 valence electrons. The number of imide groups is 1. The van der Waals surface area contributed by atoms with Gasteiger partial charge in [0, 0.05) is 38.2 Å². The first-order valence-corrected chi connectivity index (χ1v) is 15.3. The van der Waals surface area contributed by atoms with Crippen LogP contribution in [-0.2, 0) is 31.0 Å². The quantitative estimate of drug-likeness (QED) is 0.101. The number of nitrogens with one attached hydrogen (secondary N) is 2. The molecule has 5 rings (SSSR count). The molecular formula is C25H28N9NaO8S2. The minimum atomic E-state index is -1.42. The van der Waals surface area contributed by atoms with E-state index < -0.39 is 53.1 Å². The van der Waals surface area contributed by atoms with E-state index in [0.717, 1.165) is 4.90 Å². The molecule has 0 spiro atoms. The molecule has 0 bridgehead atoms. The van der Waals surface area contributed by atoms with Crippen molar-refractivity contribution in [2.45, 2.75) is 29.5 Å². The molecule has 4 heterocycles. The van der Waals surface area contributed by atoms with Gasteiger partial charge in [-0.3, -0.25) is 29.0 Å². The summed E-state index contributed by atoms with van der Waals surface area (Å²) < 4.78 is 1.44. The molecular weight excluding hydrogens is 641 g/mol. The van der Waals surface area contributed by atoms with E-state index >= 15 is 0 Å². The van der Waals surface area contributed by atoms with Gasteiger partial charge in [0.1, 0.15) is 28.9 Å². The number of rotatable bonds is 9. The molecule has 45 heavy (non-hydrogen) atoms. The summed E-state index contributed by atoms with van der Waals surface area (Å²) in [5.74, 6) is -4.26. The molecule has 1 aromatic carbocycles. The van der Waals surface area contributed by atoms with Crippen LogP contribution in [0.4, 0.5) is 4.79 Å². The predicted molar refractivity (Wildman–Crippen MR) is 160 cm³/mol. The van der Waals surface area contributed by atoms with Gasteiger partial charge in [-0.1, -0.05) is 23.9 Å². The van der Waals surface area contributed by atoms with Crippen LogP contribution < -0.4 is 10.6 Å². The summed E-state index contributed by atoms with van der Waals surface area (Å²) in [6.07, 6.45) is 0. The summed E-state index contributed by atoms with van der Waals surface area (Å²) in [5.41, 5.74) is 0.536. The normalized spacial score (nSPS) is 20.2. The molecule has 2 fully saturated rings. The Hall–Kier alpha value is -3.65. The van der Waals surface area contributed by atoms with Crippen LogP contribution in [0.25, 0.3) is 0 Å². The van der Waals surface area contributed by atoms with Crippen LogP contribution in [0.2, 0.25) is 0 Å². The molecule has 3 aliphatic heterocycles. The Labute approximate surface area is 286 Å². The van der Waals surface area contributed by atoms with Gasteiger partial charge in [0.05, 0.1) is 0 Å². The van der Waals surface area contributed by atoms with Crippen molar-refractivity contribution in [1.82, 2.24) is 45.5 Å². The number of phenols is 1. The van der Waals surface area contributed by atoms with E-state index in [1.165, 1.54) is 57.4 Å². The fraction of sp³-hybridized carbons (Fsp3) is 0.400. The first kappa shape index (κ1) is 34.2. The Morgan fingerprint density at radius 1 is 1.13 bits per heavy atom. The van der Waals surface area contributed by atoms with Crippen molar-refractivity contribution < 1.29 is 39.0 Å². The number of carbonyl (C=O) groups is 6. The van der Waals surface area contributed by atoms with Gasteiger partial charge in [-0.2, -0.15) is 0 Å². The van der Waals surface area contributed by atoms with Crippen molar-refractivity contribution >= 4 is 88.7 Å². The van der Waals surface area contributed by atoms with Crippen LogP contribution in [-0.4, -0.2) is 153 Å². The van der Waals surface area contributed by atoms with E-state index in [-0.39, 0.29) is 71.2 Å². The van der Waals surface area contributed by atoms with Gasteiger partial charge < -0.3 is 25.7 Å². The van der Waals surface area contributed by atoms with E-state index in [1.807, 2.05) is 0 Å². The predicted octanol–water partition coefficient (Wildman–Crippen LogP) is -1.76. The number of amides is 6. The zero-order valence-corrected chi connectivity index (χ0v) is 25.0. The Bertz CT molecular complexity index is 1570. The third-order valence-corrected chi connectivity index (χ3v) is 9.63. The number of aliphatic carboxylic acids is 1. The second kappa shape index (κ2) is 14.2. The number of thioether (sulfide) groups is 2. The second-order valence-electron chi connectivity index (χ2n) is 9.84. The van der Waals surface area contributed by atoms with Crippen molar-refractivity contribution in [3.63, 3.8) is 0 Å². The van der Waals surface area contributed by atoms with Gasteiger partial charge in [0.25, 0.3) is 5.91 Å². The van der Waals surface area contributed by atoms with Gasteiger partial charge in [-0.15, -0.1) is 16.9 Å². The Morgan fingerprint density at radius 3 is 2.47 bits per heavy atom. The van der Waals surface area contributed by atoms with E-state index in [0.29, 0.717) is 22.2 Å². The number of carbonyl (C=O) groups excluding carboxylic acids is 5. The Kier molecular flexibility index (Phi) is 10.8. The van der Waals surface area contributed by atoms with Gasteiger partial charge in [0.2, 0.25) is 11.1 Å². The number of carboxylic acids is 1. The number of carboxylic acid groups (broad SMARTS) is 1. The van der Waals surface area contributed by atoms with E-state index in [2.05, 4.69) is 26.2 Å². The number of nitrogens with zero attached hydrogens (tertiary/aromatic N) is 7. The van der Waals surface area contributed by atoms with Crippen molar-refractivity contribution in [2.75, 3.05) is 31.1 Å². The number of aryl methyl sites for hydroxylation is 1. The number of likely N-dealkylation sites (N-methyl/N-ethyl adjacent to an activating group) is 1. The number of β-lactam (4-membered cyclic amide) rings is 1. The summed E-state index contributed by atoms with van der Waals surface area (Å²) >= 11 is 2.49. The number of aromatic hydroxyl groups is 1. The average Bonchev–Trinajstić information content (AvgIpc) is 3.42. The first-order chi connectivity index (χ1) is 21.0. The van der Waals surface area contributed by atoms with Gasteiger partial charge in [-0.25, -0.2) is 14.3 Å². The van der Waals surface area contributed by atoms with Crippen LogP contribution in [0.15, 0.2) is 40.7 Å². The molecule has 17 nitrogen and oxygen atoms in total. The van der Waals surface area contributed by atoms with Crippen LogP contribution in [0.5, 0.6) is 5.75 Å². The summed E-state index contributed by atoms with van der Waals surface area (Å²) in [5, 5.41) is 35.6. The third kappa shape index (κ3) is 6.81. The number of aromatic nitrogens is 4. The topological polar surface area (TPSA) is 220 Å². The van der Waals surface area contributed by atoms with Crippen LogP contribution in [0.1, 0.15) is 18.5 Å². The molecule has 2 saturated heterocycles. The molecule has 0 saturated carbocycles. The Morgan fingerprint density at radius 2 is 1.84 bits per heavy atom. The minimum absolute atomic E-state index is 0. The molecule has 1 unspecified atom stereocenters. The number of phenolic OH excluding ortho intramolecular Hbond substituents is 1. The molecule has 20 heteroatoms. The third-order valence-electron chi connectivity index (χ3n) is 7.20. The molecule has 6 amide bonds. The maximum absolute atomic E-state index is 13.6. The molecule has 3 atom stereocenters. The molecule has 0 radical (unpaired) electrons. The van der Waals surface area contributed by atoms with Gasteiger partial charge in [-0.05, 0) is 40.6 Å². The Balaban J connectivity index is 0.00000461. The van der Waals surface area contributed by atoms with Crippen molar-refractivity contribution in [1.29, 1.82) is 0 Å². The number of tetrazole rings is 1. The summed E-state index contributed by atoms with van der Waals surface area (Å²) in [6, 6.07) is 1.84. The van der Waals surface area contributed by atoms with Crippen molar-refractivity contribution in [3.8, 4) is 5.75 Å². The van der Waals surface area contributed by atoms with Crippen molar-refractivity contribution in [2.24, 2.45) is 7.05 Å². The first-order valence-electron chi connectivity index (χ1n) is 13.3. The zero-order chi connectivity index (χ0) is 31.7. The molecule has 0 aliphatic carbocycles. The summed E-state index contributed by atoms with van der Waals surface area (Å²) in [4.78, 5) is 80.1. The van der Waals surface area contributed by atoms with Crippen LogP contribution in [0.3, 0.4) is 0 Å². The number of benzene rings is 1. The number of piperazine rings is 1. The fourth-order valence-corrected chi connectivity index (χ4v) is 7.20. The van der Waals surface area contributed by atoms with E-state index in [1.54, 1.807) is 14.0 Å². The SMILES string of the molecule is CCN1CCN(C(=O)NC(C(=O)N[C@@H]2C(=O)N3C(C(=O)O)=C(CSc4nnnn4C)CS[C@H]23)c2ccc(O)cc2)C(=O)C1=O.[NaH]. The van der Waals surface area contributed by atoms with Crippen LogP contribution >= 0.6 is 23.5 Å². The number of fused-ring (bicyclic) bond motifs is 1. The van der Waals surface area contributed by atoms with Crippen molar-refractivity contribution in [3.05, 3.63) is 41.1 Å². The van der Waals surface area contributed by atoms with Gasteiger partial charge in [0.15, 0.2) is 0 Å². The number of hydrogen-bond acceptors (Lipinski definition) is 12. The standard InChI is InChI=1S/C25H27N9O8S2.Na.H/c1-3-32-8-9-33(21(39)20(32)38)24(42)27-15(12-4-6-14(35)7-5-12)18(36)26-16-19(37)34-17(23(40)41)13(10-43-22(16)34)11-44-25-28-29-30-31(25)2;;/h4-7,15-16,22,35H,3,8-11H2,1-2H3,(H,26,36)(H,27,42)(H,40,41);;/t15?,16-,22-;;/m1../s1. The maximum atomic E-state index is 13.6. The van der Waals surface area contributed by atoms with Gasteiger partial charge >= 0.3 is 53.4 Å². The van der Waals surface area contributed by atoms with E-state index in [9.17, 15) is 39.0 Å². The number of hydrogen-bond donors (Lipinski definition) is 4. The molecule has 2 aromatic rings. The molecule has 3 aliphatic rings. The monoisotopic (exact) mass is 669 g/mol. The number of urea groups is 1. The average molecular weight is 670 g/mol. The fourth-order valence-electron chi connectivity index (χ4n) is 4.86. The molecule has 4 N–H and O–H groups in total.